The van der Waals surface area contributed by atoms with Crippen LogP contribution in [0, 0.1) is 5.82 Å². The molecule has 1 aromatic heterocycles. The van der Waals surface area contributed by atoms with E-state index in [4.69, 9.17) is 14.5 Å². The fraction of sp³-hybridized carbons (Fsp3) is 0.406. The standard InChI is InChI=1S/C32H35FN2O4/c1-5-6-28-27(32(37)38-4)16-26-29(34-28)13-14-35(31(26)36)18-22-15-24(20-7-8-20)25(17-30(22)39-19(2)3)21-9-11-23(33)12-10-21/h9-12,15-17,19-20H,5-8,13-14,18H2,1-4H3. The molecule has 2 aromatic carbocycles. The van der Waals surface area contributed by atoms with Gasteiger partial charge in [0.25, 0.3) is 5.91 Å². The third-order valence-electron chi connectivity index (χ3n) is 7.34. The molecule has 2 heterocycles. The predicted octanol–water partition coefficient (Wildman–Crippen LogP) is 6.49. The molecule has 0 atom stereocenters. The first kappa shape index (κ1) is 26.9. The Morgan fingerprint density at radius 3 is 2.51 bits per heavy atom. The van der Waals surface area contributed by atoms with Crippen LogP contribution in [0.4, 0.5) is 4.39 Å². The Bertz CT molecular complexity index is 1400. The van der Waals surface area contributed by atoms with E-state index in [1.807, 2.05) is 26.8 Å². The van der Waals surface area contributed by atoms with Gasteiger partial charge >= 0.3 is 5.97 Å². The van der Waals surface area contributed by atoms with Crippen LogP contribution in [-0.4, -0.2) is 41.5 Å². The van der Waals surface area contributed by atoms with Crippen LogP contribution in [0.2, 0.25) is 0 Å². The fourth-order valence-corrected chi connectivity index (χ4v) is 5.30. The first-order valence-corrected chi connectivity index (χ1v) is 13.8. The van der Waals surface area contributed by atoms with Gasteiger partial charge in [-0.25, -0.2) is 9.18 Å². The highest BCUT2D eigenvalue weighted by molar-refractivity contribution is 6.00. The Balaban J connectivity index is 1.51. The molecule has 3 aromatic rings. The number of ether oxygens (including phenoxy) is 2. The first-order chi connectivity index (χ1) is 18.8. The minimum absolute atomic E-state index is 0.0572. The smallest absolute Gasteiger partial charge is 0.339 e. The Labute approximate surface area is 229 Å². The monoisotopic (exact) mass is 530 g/mol. The highest BCUT2D eigenvalue weighted by Gasteiger charge is 2.31. The molecule has 1 aliphatic carbocycles. The molecular formula is C32H35FN2O4. The number of fused-ring (bicyclic) bond motifs is 1. The van der Waals surface area contributed by atoms with Crippen molar-refractivity contribution in [1.82, 2.24) is 9.88 Å². The summed E-state index contributed by atoms with van der Waals surface area (Å²) in [7, 11) is 1.34. The molecule has 0 bridgehead atoms. The number of carbonyl (C=O) groups excluding carboxylic acids is 2. The minimum atomic E-state index is -0.475. The average molecular weight is 531 g/mol. The van der Waals surface area contributed by atoms with Crippen molar-refractivity contribution in [2.45, 2.75) is 71.4 Å². The van der Waals surface area contributed by atoms with Gasteiger partial charge in [0.2, 0.25) is 0 Å². The molecule has 0 N–H and O–H groups in total. The molecule has 39 heavy (non-hydrogen) atoms. The van der Waals surface area contributed by atoms with Crippen LogP contribution < -0.4 is 4.74 Å². The summed E-state index contributed by atoms with van der Waals surface area (Å²) >= 11 is 0. The van der Waals surface area contributed by atoms with Crippen molar-refractivity contribution in [3.63, 3.8) is 0 Å². The van der Waals surface area contributed by atoms with Gasteiger partial charge in [-0.2, -0.15) is 0 Å². The van der Waals surface area contributed by atoms with Gasteiger partial charge < -0.3 is 14.4 Å². The molecule has 0 spiro atoms. The lowest BCUT2D eigenvalue weighted by atomic mass is 9.93. The summed E-state index contributed by atoms with van der Waals surface area (Å²) in [6.07, 6.45) is 4.26. The summed E-state index contributed by atoms with van der Waals surface area (Å²) in [6.45, 7) is 6.90. The maximum atomic E-state index is 13.7. The Morgan fingerprint density at radius 2 is 1.87 bits per heavy atom. The maximum absolute atomic E-state index is 13.7. The zero-order chi connectivity index (χ0) is 27.7. The number of halogens is 1. The van der Waals surface area contributed by atoms with Crippen LogP contribution in [0.15, 0.2) is 42.5 Å². The lowest BCUT2D eigenvalue weighted by Gasteiger charge is -2.30. The highest BCUT2D eigenvalue weighted by atomic mass is 19.1. The van der Waals surface area contributed by atoms with Gasteiger partial charge in [-0.3, -0.25) is 9.78 Å². The van der Waals surface area contributed by atoms with Crippen molar-refractivity contribution in [2.24, 2.45) is 0 Å². The molecular weight excluding hydrogens is 495 g/mol. The molecule has 0 unspecified atom stereocenters. The van der Waals surface area contributed by atoms with E-state index in [-0.39, 0.29) is 17.8 Å². The van der Waals surface area contributed by atoms with Gasteiger partial charge in [0.1, 0.15) is 11.6 Å². The molecule has 1 fully saturated rings. The molecule has 1 amide bonds. The van der Waals surface area contributed by atoms with Gasteiger partial charge in [0, 0.05) is 25.1 Å². The lowest BCUT2D eigenvalue weighted by molar-refractivity contribution is 0.0598. The number of rotatable bonds is 9. The van der Waals surface area contributed by atoms with Crippen LogP contribution in [0.5, 0.6) is 5.75 Å². The van der Waals surface area contributed by atoms with E-state index >= 15 is 0 Å². The number of hydrogen-bond acceptors (Lipinski definition) is 5. The van der Waals surface area contributed by atoms with E-state index in [9.17, 15) is 14.0 Å². The molecule has 0 saturated heterocycles. The molecule has 6 nitrogen and oxygen atoms in total. The van der Waals surface area contributed by atoms with Crippen molar-refractivity contribution in [2.75, 3.05) is 13.7 Å². The molecule has 204 valence electrons. The summed E-state index contributed by atoms with van der Waals surface area (Å²) in [5.41, 5.74) is 6.37. The van der Waals surface area contributed by atoms with Crippen LogP contribution in [0.3, 0.4) is 0 Å². The minimum Gasteiger partial charge on any atom is -0.491 e. The first-order valence-electron chi connectivity index (χ1n) is 13.8. The third-order valence-corrected chi connectivity index (χ3v) is 7.34. The number of methoxy groups -OCH3 is 1. The van der Waals surface area contributed by atoms with Crippen LogP contribution in [-0.2, 0) is 24.1 Å². The zero-order valence-corrected chi connectivity index (χ0v) is 23.1. The van der Waals surface area contributed by atoms with Crippen LogP contribution in [0.25, 0.3) is 11.1 Å². The second kappa shape index (κ2) is 11.2. The van der Waals surface area contributed by atoms with E-state index in [0.717, 1.165) is 47.4 Å². The third kappa shape index (κ3) is 5.68. The van der Waals surface area contributed by atoms with Gasteiger partial charge in [-0.15, -0.1) is 0 Å². The summed E-state index contributed by atoms with van der Waals surface area (Å²) in [6, 6.07) is 12.4. The number of aromatic nitrogens is 1. The van der Waals surface area contributed by atoms with Gasteiger partial charge in [0.15, 0.2) is 0 Å². The summed E-state index contributed by atoms with van der Waals surface area (Å²) in [4.78, 5) is 32.7. The van der Waals surface area contributed by atoms with Crippen molar-refractivity contribution in [1.29, 1.82) is 0 Å². The Morgan fingerprint density at radius 1 is 1.13 bits per heavy atom. The highest BCUT2D eigenvalue weighted by Crippen LogP contribution is 2.47. The molecule has 1 saturated carbocycles. The predicted molar refractivity (Wildman–Crippen MR) is 148 cm³/mol. The lowest BCUT2D eigenvalue weighted by Crippen LogP contribution is -2.38. The second-order valence-corrected chi connectivity index (χ2v) is 10.7. The Kier molecular flexibility index (Phi) is 7.69. The number of pyridine rings is 1. The van der Waals surface area contributed by atoms with Crippen molar-refractivity contribution < 1.29 is 23.5 Å². The topological polar surface area (TPSA) is 68.7 Å². The average Bonchev–Trinajstić information content (AvgIpc) is 3.76. The van der Waals surface area contributed by atoms with E-state index in [0.29, 0.717) is 48.7 Å². The number of carbonyl (C=O) groups is 2. The second-order valence-electron chi connectivity index (χ2n) is 10.7. The van der Waals surface area contributed by atoms with Gasteiger partial charge in [-0.05, 0) is 86.1 Å². The quantitative estimate of drug-likeness (QED) is 0.296. The largest absolute Gasteiger partial charge is 0.491 e. The normalized spacial score (nSPS) is 14.9. The fourth-order valence-electron chi connectivity index (χ4n) is 5.30. The van der Waals surface area contributed by atoms with E-state index in [1.165, 1.54) is 24.8 Å². The summed E-state index contributed by atoms with van der Waals surface area (Å²) < 4.78 is 24.9. The van der Waals surface area contributed by atoms with E-state index in [1.54, 1.807) is 23.1 Å². The van der Waals surface area contributed by atoms with Crippen molar-refractivity contribution >= 4 is 11.9 Å². The molecule has 0 radical (unpaired) electrons. The molecule has 2 aliphatic rings. The number of benzene rings is 2. The van der Waals surface area contributed by atoms with E-state index in [2.05, 4.69) is 6.07 Å². The summed E-state index contributed by atoms with van der Waals surface area (Å²) in [5.74, 6) is 0.273. The number of nitrogens with zero attached hydrogens (tertiary/aromatic N) is 2. The molecule has 7 heteroatoms. The van der Waals surface area contributed by atoms with Crippen LogP contribution in [0.1, 0.15) is 89.2 Å². The number of amides is 1. The Hall–Kier alpha value is -3.74. The van der Waals surface area contributed by atoms with Crippen molar-refractivity contribution in [3.05, 3.63) is 81.9 Å². The van der Waals surface area contributed by atoms with Gasteiger partial charge in [-0.1, -0.05) is 25.5 Å². The SMILES string of the molecule is CCCc1nc2c(cc1C(=O)OC)C(=O)N(Cc1cc(C3CC3)c(-c3ccc(F)cc3)cc1OC(C)C)CC2. The van der Waals surface area contributed by atoms with Crippen molar-refractivity contribution in [3.8, 4) is 16.9 Å². The van der Waals surface area contributed by atoms with E-state index < -0.39 is 5.97 Å². The molecule has 5 rings (SSSR count). The zero-order valence-electron chi connectivity index (χ0n) is 23.1. The number of aryl methyl sites for hydroxylation is 1. The number of esters is 1. The summed E-state index contributed by atoms with van der Waals surface area (Å²) in [5, 5.41) is 0. The van der Waals surface area contributed by atoms with Gasteiger partial charge in [0.05, 0.1) is 35.7 Å². The molecule has 1 aliphatic heterocycles. The van der Waals surface area contributed by atoms with Crippen LogP contribution >= 0.6 is 0 Å². The number of hydrogen-bond donors (Lipinski definition) is 0. The maximum Gasteiger partial charge on any atom is 0.339 e.